The van der Waals surface area contributed by atoms with Gasteiger partial charge in [0.25, 0.3) is 11.8 Å². The number of halogens is 4. The highest BCUT2D eigenvalue weighted by Crippen LogP contribution is 2.50. The SMILES string of the molecule is CC(C)(CO)C(=O)N1CC2(CN(C(=O)c3cncs3)CC2c2nnc(C(F)(F)c3ccc(Cl)c(Cl)c3)o2)C1. The fraction of sp³-hybridized carbons (Fsp3) is 0.458. The van der Waals surface area contributed by atoms with Crippen LogP contribution in [0.25, 0.3) is 0 Å². The number of benzene rings is 1. The molecule has 1 unspecified atom stereocenters. The number of aromatic nitrogens is 3. The second kappa shape index (κ2) is 9.51. The largest absolute Gasteiger partial charge is 0.419 e. The van der Waals surface area contributed by atoms with Gasteiger partial charge in [-0.1, -0.05) is 29.3 Å². The maximum Gasteiger partial charge on any atom is 0.349 e. The van der Waals surface area contributed by atoms with Gasteiger partial charge in [-0.15, -0.1) is 21.5 Å². The number of carbonyl (C=O) groups is 2. The monoisotopic (exact) mass is 585 g/mol. The molecule has 0 aliphatic carbocycles. The van der Waals surface area contributed by atoms with Gasteiger partial charge in [-0.05, 0) is 26.0 Å². The third-order valence-electron chi connectivity index (χ3n) is 7.14. The summed E-state index contributed by atoms with van der Waals surface area (Å²) in [7, 11) is 0. The van der Waals surface area contributed by atoms with Gasteiger partial charge >= 0.3 is 5.92 Å². The summed E-state index contributed by atoms with van der Waals surface area (Å²) in [4.78, 5) is 33.6. The number of carbonyl (C=O) groups excluding carboxylic acids is 2. The first-order valence-electron chi connectivity index (χ1n) is 11.6. The summed E-state index contributed by atoms with van der Waals surface area (Å²) in [6.07, 6.45) is 1.47. The second-order valence-corrected chi connectivity index (χ2v) is 12.0. The first-order chi connectivity index (χ1) is 17.9. The maximum atomic E-state index is 15.3. The van der Waals surface area contributed by atoms with Gasteiger partial charge in [0.05, 0.1) is 39.7 Å². The Morgan fingerprint density at radius 2 is 1.89 bits per heavy atom. The van der Waals surface area contributed by atoms with Gasteiger partial charge in [-0.2, -0.15) is 8.78 Å². The molecule has 0 saturated carbocycles. The average molecular weight is 586 g/mol. The van der Waals surface area contributed by atoms with E-state index >= 15 is 8.78 Å². The van der Waals surface area contributed by atoms with Crippen molar-refractivity contribution in [1.29, 1.82) is 0 Å². The third kappa shape index (κ3) is 4.47. The summed E-state index contributed by atoms with van der Waals surface area (Å²) in [6.45, 7) is 3.84. The van der Waals surface area contributed by atoms with E-state index < -0.39 is 34.1 Å². The number of nitrogens with zero attached hydrogens (tertiary/aromatic N) is 5. The summed E-state index contributed by atoms with van der Waals surface area (Å²) in [5, 5.41) is 17.3. The van der Waals surface area contributed by atoms with Crippen LogP contribution in [0, 0.1) is 10.8 Å². The number of aliphatic hydroxyl groups is 1. The minimum atomic E-state index is -3.64. The van der Waals surface area contributed by atoms with E-state index in [1.807, 2.05) is 0 Å². The standard InChI is InChI=1S/C24H23Cl2F2N5O4S/c1-22(2,11-34)21(36)33-9-23(10-33)8-32(19(35)17-6-29-12-38-17)7-14(23)18-30-31-20(37-18)24(27,28)13-3-4-15(25)16(26)5-13/h3-6,12,14,34H,7-11H2,1-2H3. The molecule has 2 aliphatic heterocycles. The van der Waals surface area contributed by atoms with E-state index in [0.717, 1.165) is 12.1 Å². The lowest BCUT2D eigenvalue weighted by atomic mass is 9.70. The zero-order valence-electron chi connectivity index (χ0n) is 20.3. The fourth-order valence-electron chi connectivity index (χ4n) is 4.93. The van der Waals surface area contributed by atoms with Crippen molar-refractivity contribution in [3.05, 3.63) is 62.2 Å². The summed E-state index contributed by atoms with van der Waals surface area (Å²) in [5.41, 5.74) is -0.568. The minimum Gasteiger partial charge on any atom is -0.419 e. The zero-order chi connectivity index (χ0) is 27.5. The Morgan fingerprint density at radius 3 is 2.53 bits per heavy atom. The van der Waals surface area contributed by atoms with Crippen LogP contribution in [0.2, 0.25) is 10.0 Å². The Balaban J connectivity index is 1.44. The van der Waals surface area contributed by atoms with Crippen LogP contribution in [0.3, 0.4) is 0 Å². The van der Waals surface area contributed by atoms with Gasteiger partial charge in [-0.3, -0.25) is 14.6 Å². The van der Waals surface area contributed by atoms with E-state index in [4.69, 9.17) is 27.6 Å². The first-order valence-corrected chi connectivity index (χ1v) is 13.3. The minimum absolute atomic E-state index is 0.0411. The number of hydrogen-bond acceptors (Lipinski definition) is 8. The van der Waals surface area contributed by atoms with Crippen molar-refractivity contribution < 1.29 is 27.9 Å². The average Bonchev–Trinajstić information content (AvgIpc) is 3.63. The van der Waals surface area contributed by atoms with Gasteiger partial charge in [0, 0.05) is 37.2 Å². The van der Waals surface area contributed by atoms with Crippen LogP contribution >= 0.6 is 34.5 Å². The van der Waals surface area contributed by atoms with Gasteiger partial charge < -0.3 is 19.3 Å². The van der Waals surface area contributed by atoms with Crippen LogP contribution in [-0.2, 0) is 10.7 Å². The number of amides is 2. The lowest BCUT2D eigenvalue weighted by Crippen LogP contribution is -2.64. The number of thiazole rings is 1. The Bertz CT molecular complexity index is 1380. The molecule has 9 nitrogen and oxygen atoms in total. The molecule has 5 rings (SSSR count). The molecule has 0 radical (unpaired) electrons. The zero-order valence-corrected chi connectivity index (χ0v) is 22.7. The van der Waals surface area contributed by atoms with Crippen LogP contribution in [0.15, 0.2) is 34.3 Å². The maximum absolute atomic E-state index is 15.3. The summed E-state index contributed by atoms with van der Waals surface area (Å²) in [5.74, 6) is -5.69. The van der Waals surface area contributed by atoms with Crippen molar-refractivity contribution in [2.75, 3.05) is 32.8 Å². The summed E-state index contributed by atoms with van der Waals surface area (Å²) in [6, 6.07) is 3.43. The first kappa shape index (κ1) is 26.9. The molecule has 1 N–H and O–H groups in total. The lowest BCUT2D eigenvalue weighted by molar-refractivity contribution is -0.155. The Morgan fingerprint density at radius 1 is 1.18 bits per heavy atom. The Labute approximate surface area is 230 Å². The second-order valence-electron chi connectivity index (χ2n) is 10.3. The molecular formula is C24H23Cl2F2N5O4S. The summed E-state index contributed by atoms with van der Waals surface area (Å²) >= 11 is 13.0. The van der Waals surface area contributed by atoms with Crippen molar-refractivity contribution in [2.24, 2.45) is 10.8 Å². The quantitative estimate of drug-likeness (QED) is 0.464. The van der Waals surface area contributed by atoms with E-state index in [1.165, 1.54) is 23.6 Å². The smallest absolute Gasteiger partial charge is 0.349 e. The molecule has 1 aromatic carbocycles. The van der Waals surface area contributed by atoms with Crippen molar-refractivity contribution in [3.8, 4) is 0 Å². The number of likely N-dealkylation sites (tertiary alicyclic amines) is 2. The van der Waals surface area contributed by atoms with Crippen LogP contribution < -0.4 is 0 Å². The van der Waals surface area contributed by atoms with Gasteiger partial charge in [0.15, 0.2) is 0 Å². The molecule has 0 bridgehead atoms. The molecule has 38 heavy (non-hydrogen) atoms. The molecule has 2 saturated heterocycles. The molecule has 2 aromatic heterocycles. The molecular weight excluding hydrogens is 563 g/mol. The van der Waals surface area contributed by atoms with Gasteiger partial charge in [0.1, 0.15) is 4.88 Å². The van der Waals surface area contributed by atoms with Crippen molar-refractivity contribution in [3.63, 3.8) is 0 Å². The molecule has 2 amide bonds. The molecule has 202 valence electrons. The molecule has 4 heterocycles. The normalized spacial score (nSPS) is 19.2. The number of rotatable bonds is 6. The molecule has 1 spiro atoms. The van der Waals surface area contributed by atoms with E-state index in [2.05, 4.69) is 15.2 Å². The van der Waals surface area contributed by atoms with Gasteiger partial charge in [-0.25, -0.2) is 0 Å². The molecule has 3 aromatic rings. The van der Waals surface area contributed by atoms with Crippen molar-refractivity contribution in [2.45, 2.75) is 25.7 Å². The van der Waals surface area contributed by atoms with Crippen LogP contribution in [0.4, 0.5) is 8.78 Å². The highest BCUT2D eigenvalue weighted by Gasteiger charge is 2.60. The molecule has 1 atom stereocenters. The van der Waals surface area contributed by atoms with E-state index in [-0.39, 0.29) is 60.5 Å². The Kier molecular flexibility index (Phi) is 6.74. The van der Waals surface area contributed by atoms with Crippen molar-refractivity contribution in [1.82, 2.24) is 25.0 Å². The number of alkyl halides is 2. The highest BCUT2D eigenvalue weighted by molar-refractivity contribution is 7.11. The predicted molar refractivity (Wildman–Crippen MR) is 134 cm³/mol. The topological polar surface area (TPSA) is 113 Å². The molecule has 2 aliphatic rings. The highest BCUT2D eigenvalue weighted by atomic mass is 35.5. The lowest BCUT2D eigenvalue weighted by Gasteiger charge is -2.51. The predicted octanol–water partition coefficient (Wildman–Crippen LogP) is 4.06. The third-order valence-corrected chi connectivity index (χ3v) is 8.64. The Hall–Kier alpha value is -2.67. The van der Waals surface area contributed by atoms with E-state index in [0.29, 0.717) is 4.88 Å². The molecule has 2 fully saturated rings. The number of hydrogen-bond donors (Lipinski definition) is 1. The van der Waals surface area contributed by atoms with E-state index in [9.17, 15) is 14.7 Å². The van der Waals surface area contributed by atoms with Crippen LogP contribution in [0.1, 0.15) is 46.8 Å². The van der Waals surface area contributed by atoms with Crippen LogP contribution in [0.5, 0.6) is 0 Å². The van der Waals surface area contributed by atoms with Gasteiger partial charge in [0.2, 0.25) is 11.8 Å². The van der Waals surface area contributed by atoms with E-state index in [1.54, 1.807) is 29.2 Å². The van der Waals surface area contributed by atoms with Crippen LogP contribution in [-0.4, -0.2) is 74.7 Å². The fourth-order valence-corrected chi connectivity index (χ4v) is 5.82. The molecule has 14 heteroatoms. The number of aliphatic hydroxyl groups excluding tert-OH is 1. The summed E-state index contributed by atoms with van der Waals surface area (Å²) < 4.78 is 36.1. The van der Waals surface area contributed by atoms with Crippen molar-refractivity contribution >= 4 is 46.4 Å².